The molecule has 0 radical (unpaired) electrons. The average molecular weight is 623 g/mol. The van der Waals surface area contributed by atoms with Crippen molar-refractivity contribution in [3.05, 3.63) is 63.7 Å². The van der Waals surface area contributed by atoms with Gasteiger partial charge in [0.1, 0.15) is 0 Å². The van der Waals surface area contributed by atoms with Gasteiger partial charge in [0.2, 0.25) is 11.8 Å². The van der Waals surface area contributed by atoms with Crippen LogP contribution in [0.3, 0.4) is 0 Å². The van der Waals surface area contributed by atoms with E-state index in [0.29, 0.717) is 37.2 Å². The predicted octanol–water partition coefficient (Wildman–Crippen LogP) is 3.05. The van der Waals surface area contributed by atoms with Gasteiger partial charge in [-0.15, -0.1) is 0 Å². The number of carbonyl (C=O) groups excluding carboxylic acids is 3. The zero-order valence-electron chi connectivity index (χ0n) is 25.1. The van der Waals surface area contributed by atoms with E-state index in [1.54, 1.807) is 33.9 Å². The number of ether oxygens (including phenoxy) is 1. The van der Waals surface area contributed by atoms with Gasteiger partial charge in [-0.1, -0.05) is 19.1 Å². The minimum atomic E-state index is -3.07. The molecule has 3 saturated heterocycles. The van der Waals surface area contributed by atoms with Crippen molar-refractivity contribution < 1.29 is 33.9 Å². The minimum Gasteiger partial charge on any atom is -0.432 e. The highest BCUT2D eigenvalue weighted by Gasteiger charge is 2.66. The normalized spacial score (nSPS) is 28.2. The molecule has 2 aromatic carbocycles. The molecule has 0 saturated carbocycles. The standard InChI is InChI=1S/C31H38N4O8Si/c1-19-29(44(2,3)42)26(16-28(38)32-12-5-8-23(32)18-36)43-31(19)24-15-22(35(40)41)9-10-25(24)34(30(31)39)17-20-6-4-7-21(14-20)33-13-11-27(33)37/h4,6-7,9-10,14-15,19,23,26,29,36,42H,5,8,11-13,16-18H2,1-3H3/t19-,23-,26+,29-,31+/m0/s1. The summed E-state index contributed by atoms with van der Waals surface area (Å²) < 4.78 is 6.70. The zero-order chi connectivity index (χ0) is 31.6. The molecule has 6 rings (SSSR count). The lowest BCUT2D eigenvalue weighted by Crippen LogP contribution is -2.46. The number of amides is 3. The number of non-ortho nitro benzene ring substituents is 1. The van der Waals surface area contributed by atoms with Crippen LogP contribution >= 0.6 is 0 Å². The number of aliphatic hydroxyl groups excluding tert-OH is 1. The molecule has 5 atom stereocenters. The molecule has 234 valence electrons. The second kappa shape index (κ2) is 11.1. The summed E-state index contributed by atoms with van der Waals surface area (Å²) in [7, 11) is -3.07. The van der Waals surface area contributed by atoms with E-state index in [-0.39, 0.29) is 43.1 Å². The first-order chi connectivity index (χ1) is 20.9. The molecule has 4 heterocycles. The molecule has 0 unspecified atom stereocenters. The molecular weight excluding hydrogens is 584 g/mol. The lowest BCUT2D eigenvalue weighted by molar-refractivity contribution is -0.385. The van der Waals surface area contributed by atoms with Crippen LogP contribution in [0.25, 0.3) is 0 Å². The van der Waals surface area contributed by atoms with E-state index in [9.17, 15) is 34.4 Å². The first-order valence-electron chi connectivity index (χ1n) is 15.2. The number of anilines is 2. The van der Waals surface area contributed by atoms with Crippen molar-refractivity contribution in [2.75, 3.05) is 29.5 Å². The second-order valence-electron chi connectivity index (χ2n) is 12.9. The molecule has 1 spiro atoms. The molecular formula is C31H38N4O8Si. The van der Waals surface area contributed by atoms with Crippen molar-refractivity contribution in [2.24, 2.45) is 5.92 Å². The molecule has 4 aliphatic heterocycles. The van der Waals surface area contributed by atoms with Crippen molar-refractivity contribution in [1.29, 1.82) is 0 Å². The van der Waals surface area contributed by atoms with Crippen molar-refractivity contribution in [3.63, 3.8) is 0 Å². The van der Waals surface area contributed by atoms with Crippen molar-refractivity contribution in [2.45, 2.75) is 75.5 Å². The first-order valence-corrected chi connectivity index (χ1v) is 18.2. The Morgan fingerprint density at radius 3 is 2.59 bits per heavy atom. The summed E-state index contributed by atoms with van der Waals surface area (Å²) in [6.07, 6.45) is 1.10. The van der Waals surface area contributed by atoms with Gasteiger partial charge in [0.05, 0.1) is 42.3 Å². The highest BCUT2D eigenvalue weighted by Crippen LogP contribution is 2.60. The molecule has 2 aromatic rings. The van der Waals surface area contributed by atoms with Crippen molar-refractivity contribution in [3.8, 4) is 0 Å². The maximum atomic E-state index is 14.7. The number of carbonyl (C=O) groups is 3. The number of benzene rings is 2. The molecule has 3 amide bonds. The Balaban J connectivity index is 1.39. The van der Waals surface area contributed by atoms with Crippen LogP contribution < -0.4 is 9.80 Å². The lowest BCUT2D eigenvalue weighted by atomic mass is 9.82. The summed E-state index contributed by atoms with van der Waals surface area (Å²) in [5.41, 5.74) is -0.0244. The molecule has 44 heavy (non-hydrogen) atoms. The Labute approximate surface area is 256 Å². The van der Waals surface area contributed by atoms with Gasteiger partial charge in [0.25, 0.3) is 11.6 Å². The molecule has 0 aliphatic carbocycles. The predicted molar refractivity (Wildman–Crippen MR) is 163 cm³/mol. The second-order valence-corrected chi connectivity index (χ2v) is 16.9. The van der Waals surface area contributed by atoms with Crippen LogP contribution in [0, 0.1) is 16.0 Å². The van der Waals surface area contributed by atoms with E-state index in [0.717, 1.165) is 17.7 Å². The van der Waals surface area contributed by atoms with Gasteiger partial charge in [-0.05, 0) is 49.7 Å². The van der Waals surface area contributed by atoms with Gasteiger partial charge in [0.15, 0.2) is 13.9 Å². The maximum Gasteiger partial charge on any atom is 0.269 e. The van der Waals surface area contributed by atoms with Gasteiger partial charge >= 0.3 is 0 Å². The summed E-state index contributed by atoms with van der Waals surface area (Å²) in [5, 5.41) is 21.7. The van der Waals surface area contributed by atoms with Crippen molar-refractivity contribution in [1.82, 2.24) is 4.90 Å². The number of hydrogen-bond acceptors (Lipinski definition) is 8. The highest BCUT2D eigenvalue weighted by molar-refractivity contribution is 6.71. The fraction of sp³-hybridized carbons (Fsp3) is 0.516. The van der Waals surface area contributed by atoms with Crippen molar-refractivity contribution >= 4 is 43.1 Å². The summed E-state index contributed by atoms with van der Waals surface area (Å²) in [5.74, 6) is -1.18. The van der Waals surface area contributed by atoms with Crippen LogP contribution in [-0.4, -0.2) is 77.6 Å². The number of aliphatic hydroxyl groups is 1. The summed E-state index contributed by atoms with van der Waals surface area (Å²) in [6, 6.07) is 11.4. The molecule has 4 aliphatic rings. The third kappa shape index (κ3) is 4.82. The number of hydrogen-bond donors (Lipinski definition) is 2. The van der Waals surface area contributed by atoms with Gasteiger partial charge in [-0.3, -0.25) is 24.5 Å². The number of fused-ring (bicyclic) bond motifs is 2. The van der Waals surface area contributed by atoms with Crippen LogP contribution in [0.1, 0.15) is 43.7 Å². The molecule has 12 nitrogen and oxygen atoms in total. The fourth-order valence-electron chi connectivity index (χ4n) is 7.77. The summed E-state index contributed by atoms with van der Waals surface area (Å²) in [4.78, 5) is 68.0. The number of nitrogens with zero attached hydrogens (tertiary/aromatic N) is 4. The quantitative estimate of drug-likeness (QED) is 0.197. The largest absolute Gasteiger partial charge is 0.432 e. The van der Waals surface area contributed by atoms with E-state index in [1.807, 2.05) is 31.2 Å². The number of nitro benzene ring substituents is 1. The summed E-state index contributed by atoms with van der Waals surface area (Å²) in [6.45, 7) is 6.49. The van der Waals surface area contributed by atoms with Crippen LogP contribution in [0.4, 0.5) is 17.1 Å². The topological polar surface area (TPSA) is 154 Å². The van der Waals surface area contributed by atoms with Gasteiger partial charge in [0, 0.05) is 54.4 Å². The number of nitro groups is 1. The van der Waals surface area contributed by atoms with Gasteiger partial charge < -0.3 is 29.3 Å². The molecule has 0 bridgehead atoms. The first kappa shape index (κ1) is 30.4. The monoisotopic (exact) mass is 622 g/mol. The minimum absolute atomic E-state index is 0.0332. The van der Waals surface area contributed by atoms with E-state index >= 15 is 0 Å². The molecule has 2 N–H and O–H groups in total. The Morgan fingerprint density at radius 2 is 1.95 bits per heavy atom. The smallest absolute Gasteiger partial charge is 0.269 e. The molecule has 13 heteroatoms. The Bertz CT molecular complexity index is 1530. The van der Waals surface area contributed by atoms with Crippen LogP contribution in [0.2, 0.25) is 18.6 Å². The van der Waals surface area contributed by atoms with Crippen LogP contribution in [0.15, 0.2) is 42.5 Å². The third-order valence-corrected chi connectivity index (χ3v) is 12.4. The lowest BCUT2D eigenvalue weighted by Gasteiger charge is -2.33. The Hall–Kier alpha value is -3.65. The van der Waals surface area contributed by atoms with E-state index in [1.165, 1.54) is 12.1 Å². The van der Waals surface area contributed by atoms with E-state index in [4.69, 9.17) is 4.74 Å². The van der Waals surface area contributed by atoms with Crippen LogP contribution in [0.5, 0.6) is 0 Å². The van der Waals surface area contributed by atoms with E-state index in [2.05, 4.69) is 0 Å². The maximum absolute atomic E-state index is 14.7. The van der Waals surface area contributed by atoms with Gasteiger partial charge in [-0.25, -0.2) is 0 Å². The third-order valence-electron chi connectivity index (χ3n) is 9.88. The Kier molecular flexibility index (Phi) is 7.63. The summed E-state index contributed by atoms with van der Waals surface area (Å²) >= 11 is 0. The van der Waals surface area contributed by atoms with E-state index < -0.39 is 42.3 Å². The number of rotatable bonds is 8. The number of likely N-dealkylation sites (tertiary alicyclic amines) is 1. The molecule has 3 fully saturated rings. The molecule has 0 aromatic heterocycles. The Morgan fingerprint density at radius 1 is 1.18 bits per heavy atom. The number of β-lactam (4-membered cyclic amide) rings is 1. The fourth-order valence-corrected chi connectivity index (χ4v) is 10.3. The SMILES string of the molecule is C[C@H]1[C@H]([Si](C)(C)O)[C@@H](CC(=O)N2CCC[C@H]2CO)O[C@]12C(=O)N(Cc1cccc(N3CCC3=O)c1)c1ccc([N+](=O)[O-])cc12. The van der Waals surface area contributed by atoms with Crippen LogP contribution in [-0.2, 0) is 31.3 Å². The average Bonchev–Trinajstić information content (AvgIpc) is 3.62. The van der Waals surface area contributed by atoms with Gasteiger partial charge in [-0.2, -0.15) is 0 Å². The zero-order valence-corrected chi connectivity index (χ0v) is 26.1. The highest BCUT2D eigenvalue weighted by atomic mass is 28.4.